The van der Waals surface area contributed by atoms with Crippen LogP contribution in [0.4, 0.5) is 9.59 Å². The summed E-state index contributed by atoms with van der Waals surface area (Å²) >= 11 is 0. The Balaban J connectivity index is 6.12. The van der Waals surface area contributed by atoms with Crippen LogP contribution in [0.3, 0.4) is 0 Å². The number of guanidine groups is 1. The number of rotatable bonds is 14. The fraction of sp³-hybridized carbons (Fsp3) is 0.810. The SMILES string of the molecule is CCOC(=O)OC(OP(=O)(/N=C(\N)N(C)CC(=O)OC(C)C)OC(OC(=O)OCC)C(C)C)C(C)C. The van der Waals surface area contributed by atoms with E-state index in [0.717, 1.165) is 4.90 Å². The van der Waals surface area contributed by atoms with Gasteiger partial charge in [0.1, 0.15) is 6.54 Å². The molecule has 0 fully saturated rings. The van der Waals surface area contributed by atoms with Crippen molar-refractivity contribution in [3.63, 3.8) is 0 Å². The topological polar surface area (TPSA) is 175 Å². The fourth-order valence-corrected chi connectivity index (χ4v) is 3.81. The van der Waals surface area contributed by atoms with E-state index in [-0.39, 0.29) is 25.9 Å². The highest BCUT2D eigenvalue weighted by Gasteiger charge is 2.39. The minimum absolute atomic E-state index is 0.0307. The first-order valence-corrected chi connectivity index (χ1v) is 13.0. The molecule has 0 heterocycles. The first kappa shape index (κ1) is 33.4. The zero-order valence-corrected chi connectivity index (χ0v) is 23.3. The Labute approximate surface area is 212 Å². The molecule has 36 heavy (non-hydrogen) atoms. The predicted octanol–water partition coefficient (Wildman–Crippen LogP) is 3.64. The van der Waals surface area contributed by atoms with Gasteiger partial charge >= 0.3 is 26.0 Å². The lowest BCUT2D eigenvalue weighted by atomic mass is 10.2. The fourth-order valence-electron chi connectivity index (χ4n) is 2.16. The molecule has 0 bridgehead atoms. The van der Waals surface area contributed by atoms with Gasteiger partial charge < -0.3 is 34.3 Å². The second-order valence-corrected chi connectivity index (χ2v) is 9.92. The minimum Gasteiger partial charge on any atom is -0.462 e. The van der Waals surface area contributed by atoms with Gasteiger partial charge in [-0.25, -0.2) is 23.2 Å². The summed E-state index contributed by atoms with van der Waals surface area (Å²) in [6.07, 6.45) is -5.40. The van der Waals surface area contributed by atoms with E-state index in [0.29, 0.717) is 0 Å². The van der Waals surface area contributed by atoms with Crippen LogP contribution in [0, 0.1) is 11.8 Å². The van der Waals surface area contributed by atoms with Gasteiger partial charge in [0.25, 0.3) is 0 Å². The van der Waals surface area contributed by atoms with E-state index in [1.165, 1.54) is 7.05 Å². The molecule has 2 N–H and O–H groups in total. The zero-order valence-electron chi connectivity index (χ0n) is 22.4. The Hall–Kier alpha value is -2.57. The van der Waals surface area contributed by atoms with Gasteiger partial charge in [0.2, 0.25) is 18.5 Å². The van der Waals surface area contributed by atoms with Gasteiger partial charge in [0.15, 0.2) is 0 Å². The Kier molecular flexibility index (Phi) is 15.1. The van der Waals surface area contributed by atoms with Crippen LogP contribution in [0.25, 0.3) is 0 Å². The number of ether oxygens (including phenoxy) is 5. The molecule has 0 aromatic heterocycles. The number of likely N-dealkylation sites (N-methyl/N-ethyl adjacent to an activating group) is 1. The van der Waals surface area contributed by atoms with E-state index in [9.17, 15) is 18.9 Å². The predicted molar refractivity (Wildman–Crippen MR) is 129 cm³/mol. The van der Waals surface area contributed by atoms with Crippen molar-refractivity contribution in [3.05, 3.63) is 0 Å². The molecule has 0 aliphatic rings. The van der Waals surface area contributed by atoms with Crippen LogP contribution in [-0.4, -0.2) is 74.6 Å². The molecule has 14 nitrogen and oxygen atoms in total. The standard InChI is InChI=1S/C21H40N3O11P/c1-10-29-20(26)32-17(13(3)4)34-36(28,35-18(14(5)6)33-21(27)30-11-2)23-19(22)24(9)12-16(25)31-15(7)8/h13-15,17-18H,10-12H2,1-9H3,(H2,22,23,28). The quantitative estimate of drug-likeness (QED) is 0.0843. The molecule has 0 spiro atoms. The van der Waals surface area contributed by atoms with Crippen molar-refractivity contribution in [2.45, 2.75) is 74.1 Å². The van der Waals surface area contributed by atoms with E-state index in [1.54, 1.807) is 55.4 Å². The largest absolute Gasteiger partial charge is 0.510 e. The summed E-state index contributed by atoms with van der Waals surface area (Å²) in [6, 6.07) is 0. The number of hydrogen-bond donors (Lipinski definition) is 1. The lowest BCUT2D eigenvalue weighted by molar-refractivity contribution is -0.147. The lowest BCUT2D eigenvalue weighted by Gasteiger charge is -2.28. The number of carbonyl (C=O) groups excluding carboxylic acids is 3. The van der Waals surface area contributed by atoms with Crippen molar-refractivity contribution in [1.29, 1.82) is 0 Å². The Morgan fingerprint density at radius 3 is 1.58 bits per heavy atom. The monoisotopic (exact) mass is 541 g/mol. The summed E-state index contributed by atoms with van der Waals surface area (Å²) in [5.41, 5.74) is 5.96. The van der Waals surface area contributed by atoms with Crippen LogP contribution in [-0.2, 0) is 42.1 Å². The van der Waals surface area contributed by atoms with Gasteiger partial charge in [-0.05, 0) is 27.7 Å². The molecule has 0 aromatic rings. The summed E-state index contributed by atoms with van der Waals surface area (Å²) in [7, 11) is -3.27. The van der Waals surface area contributed by atoms with Gasteiger partial charge in [-0.1, -0.05) is 27.7 Å². The Bertz CT molecular complexity index is 751. The van der Waals surface area contributed by atoms with Crippen molar-refractivity contribution >= 4 is 32.0 Å². The zero-order chi connectivity index (χ0) is 28.1. The number of hydrogen-bond acceptors (Lipinski definition) is 11. The molecule has 0 saturated carbocycles. The second kappa shape index (κ2) is 16.2. The van der Waals surface area contributed by atoms with E-state index in [2.05, 4.69) is 4.76 Å². The maximum Gasteiger partial charge on any atom is 0.510 e. The van der Waals surface area contributed by atoms with Crippen LogP contribution < -0.4 is 5.73 Å². The summed E-state index contributed by atoms with van der Waals surface area (Å²) in [5, 5.41) is 0. The third-order valence-corrected chi connectivity index (χ3v) is 5.26. The molecule has 0 radical (unpaired) electrons. The molecular formula is C21H40N3O11P. The number of carbonyl (C=O) groups is 3. The maximum atomic E-state index is 13.8. The molecule has 0 amide bonds. The van der Waals surface area contributed by atoms with Crippen LogP contribution in [0.15, 0.2) is 4.76 Å². The molecule has 2 unspecified atom stereocenters. The normalized spacial score (nSPS) is 15.2. The number of nitrogens with zero attached hydrogens (tertiary/aromatic N) is 2. The van der Waals surface area contributed by atoms with Gasteiger partial charge in [-0.15, -0.1) is 4.76 Å². The number of nitrogens with two attached hydrogens (primary N) is 1. The third-order valence-electron chi connectivity index (χ3n) is 3.86. The molecule has 0 aliphatic carbocycles. The second-order valence-electron chi connectivity index (χ2n) is 8.36. The van der Waals surface area contributed by atoms with Crippen molar-refractivity contribution in [1.82, 2.24) is 4.90 Å². The van der Waals surface area contributed by atoms with E-state index >= 15 is 0 Å². The van der Waals surface area contributed by atoms with E-state index < -0.39 is 56.4 Å². The molecule has 0 aliphatic heterocycles. The van der Waals surface area contributed by atoms with Gasteiger partial charge in [0.05, 0.1) is 19.3 Å². The smallest absolute Gasteiger partial charge is 0.462 e. The number of esters is 1. The molecule has 0 aromatic carbocycles. The average Bonchev–Trinajstić information content (AvgIpc) is 2.72. The van der Waals surface area contributed by atoms with Crippen LogP contribution in [0.2, 0.25) is 0 Å². The molecule has 0 saturated heterocycles. The highest BCUT2D eigenvalue weighted by Crippen LogP contribution is 2.54. The summed E-state index contributed by atoms with van der Waals surface area (Å²) in [4.78, 5) is 36.9. The molecule has 210 valence electrons. The Morgan fingerprint density at radius 2 is 1.25 bits per heavy atom. The van der Waals surface area contributed by atoms with Crippen molar-refractivity contribution in [3.8, 4) is 0 Å². The third kappa shape index (κ3) is 13.5. The van der Waals surface area contributed by atoms with E-state index in [1.807, 2.05) is 0 Å². The highest BCUT2D eigenvalue weighted by atomic mass is 31.2. The van der Waals surface area contributed by atoms with Gasteiger partial charge in [-0.3, -0.25) is 4.79 Å². The van der Waals surface area contributed by atoms with Crippen LogP contribution in [0.1, 0.15) is 55.4 Å². The minimum atomic E-state index is -4.67. The molecule has 15 heteroatoms. The van der Waals surface area contributed by atoms with Crippen LogP contribution >= 0.6 is 7.75 Å². The summed E-state index contributed by atoms with van der Waals surface area (Å²) in [5.74, 6) is -2.11. The van der Waals surface area contributed by atoms with Crippen LogP contribution in [0.5, 0.6) is 0 Å². The van der Waals surface area contributed by atoms with E-state index in [4.69, 9.17) is 38.5 Å². The van der Waals surface area contributed by atoms with Crippen molar-refractivity contribution in [2.75, 3.05) is 26.8 Å². The summed E-state index contributed by atoms with van der Waals surface area (Å²) in [6.45, 7) is 12.7. The first-order chi connectivity index (χ1) is 16.6. The highest BCUT2D eigenvalue weighted by molar-refractivity contribution is 7.52. The Morgan fingerprint density at radius 1 is 0.833 bits per heavy atom. The van der Waals surface area contributed by atoms with Gasteiger partial charge in [0, 0.05) is 18.9 Å². The van der Waals surface area contributed by atoms with Crippen molar-refractivity contribution < 1.29 is 51.7 Å². The van der Waals surface area contributed by atoms with Crippen molar-refractivity contribution in [2.24, 2.45) is 22.3 Å². The first-order valence-electron chi connectivity index (χ1n) is 11.5. The molecule has 2 atom stereocenters. The molecular weight excluding hydrogens is 501 g/mol. The van der Waals surface area contributed by atoms with Gasteiger partial charge in [-0.2, -0.15) is 0 Å². The maximum absolute atomic E-state index is 13.8. The lowest BCUT2D eigenvalue weighted by Crippen LogP contribution is -2.39. The average molecular weight is 542 g/mol. The summed E-state index contributed by atoms with van der Waals surface area (Å²) < 4.78 is 53.4. The molecule has 0 rings (SSSR count).